The molecular formula is C8H7N2NaO4S. The van der Waals surface area contributed by atoms with E-state index in [-0.39, 0.29) is 41.0 Å². The summed E-state index contributed by atoms with van der Waals surface area (Å²) in [6, 6.07) is 4.01. The fourth-order valence-corrected chi connectivity index (χ4v) is 1.41. The molecule has 0 atom stereocenters. The van der Waals surface area contributed by atoms with Crippen LogP contribution in [0.3, 0.4) is 0 Å². The van der Waals surface area contributed by atoms with Crippen molar-refractivity contribution in [1.29, 1.82) is 0 Å². The molecule has 0 aliphatic heterocycles. The minimum atomic E-state index is -4.59. The second-order valence-electron chi connectivity index (χ2n) is 2.55. The van der Waals surface area contributed by atoms with Crippen molar-refractivity contribution in [3.63, 3.8) is 0 Å². The molecular weight excluding hydrogens is 243 g/mol. The van der Waals surface area contributed by atoms with Crippen molar-refractivity contribution in [1.82, 2.24) is 0 Å². The maximum Gasteiger partial charge on any atom is 1.00 e. The summed E-state index contributed by atoms with van der Waals surface area (Å²) in [4.78, 5) is 3.13. The van der Waals surface area contributed by atoms with Gasteiger partial charge in [-0.1, -0.05) is 6.07 Å². The monoisotopic (exact) mass is 250 g/mol. The Balaban J connectivity index is 0.00000225. The van der Waals surface area contributed by atoms with E-state index in [0.717, 1.165) is 0 Å². The summed E-state index contributed by atoms with van der Waals surface area (Å²) in [5.74, 6) is 0.128. The number of nitrogens with one attached hydrogen (secondary N) is 1. The third-order valence-electron chi connectivity index (χ3n) is 1.55. The molecule has 0 aliphatic rings. The van der Waals surface area contributed by atoms with Gasteiger partial charge in [-0.2, -0.15) is 0 Å². The minimum absolute atomic E-state index is 0. The Hall–Kier alpha value is -0.780. The average molecular weight is 250 g/mol. The van der Waals surface area contributed by atoms with E-state index in [0.29, 0.717) is 5.69 Å². The zero-order valence-corrected chi connectivity index (χ0v) is 11.5. The van der Waals surface area contributed by atoms with Crippen LogP contribution in [-0.2, 0) is 10.3 Å². The van der Waals surface area contributed by atoms with E-state index in [1.807, 2.05) is 0 Å². The molecule has 0 radical (unpaired) electrons. The molecule has 8 heteroatoms. The Labute approximate surface area is 116 Å². The zero-order chi connectivity index (χ0) is 11.5. The quantitative estimate of drug-likeness (QED) is 0.387. The molecule has 0 bridgehead atoms. The van der Waals surface area contributed by atoms with Crippen LogP contribution in [-0.4, -0.2) is 20.1 Å². The molecule has 0 saturated heterocycles. The van der Waals surface area contributed by atoms with Gasteiger partial charge in [0, 0.05) is 0 Å². The zero-order valence-electron chi connectivity index (χ0n) is 8.72. The van der Waals surface area contributed by atoms with Crippen molar-refractivity contribution >= 4 is 21.7 Å². The number of nitrogens with zero attached hydrogens (tertiary/aromatic N) is 1. The number of hydrogen-bond acceptors (Lipinski definition) is 4. The third-order valence-corrected chi connectivity index (χ3v) is 2.02. The smallest absolute Gasteiger partial charge is 0.731 e. The van der Waals surface area contributed by atoms with Crippen LogP contribution in [0, 0.1) is 6.57 Å². The van der Waals surface area contributed by atoms with Crippen LogP contribution in [0.1, 0.15) is 0 Å². The van der Waals surface area contributed by atoms with Crippen LogP contribution in [0.4, 0.5) is 11.4 Å². The van der Waals surface area contributed by atoms with Gasteiger partial charge in [0.2, 0.25) is 0 Å². The van der Waals surface area contributed by atoms with Crippen molar-refractivity contribution in [2.24, 2.45) is 0 Å². The summed E-state index contributed by atoms with van der Waals surface area (Å²) in [5.41, 5.74) is 0.306. The second kappa shape index (κ2) is 6.08. The average Bonchev–Trinajstić information content (AvgIpc) is 2.16. The van der Waals surface area contributed by atoms with E-state index >= 15 is 0 Å². The molecule has 1 N–H and O–H groups in total. The van der Waals surface area contributed by atoms with Gasteiger partial charge in [0.15, 0.2) is 16.0 Å². The van der Waals surface area contributed by atoms with E-state index in [1.165, 1.54) is 25.3 Å². The Kier molecular flexibility index (Phi) is 5.78. The fourth-order valence-electron chi connectivity index (χ4n) is 0.968. The van der Waals surface area contributed by atoms with Gasteiger partial charge in [-0.25, -0.2) is 13.3 Å². The Bertz CT molecular complexity index is 509. The maximum absolute atomic E-state index is 10.4. The topological polar surface area (TPSA) is 82.8 Å². The van der Waals surface area contributed by atoms with Gasteiger partial charge < -0.3 is 9.29 Å². The Morgan fingerprint density at radius 2 is 2.12 bits per heavy atom. The fraction of sp³-hybridized carbons (Fsp3) is 0.125. The molecule has 1 aromatic carbocycles. The van der Waals surface area contributed by atoms with E-state index in [4.69, 9.17) is 11.3 Å². The van der Waals surface area contributed by atoms with Crippen LogP contribution in [0.2, 0.25) is 0 Å². The molecule has 0 fully saturated rings. The van der Waals surface area contributed by atoms with Crippen LogP contribution in [0.5, 0.6) is 5.75 Å². The molecule has 1 rings (SSSR count). The molecule has 0 heterocycles. The summed E-state index contributed by atoms with van der Waals surface area (Å²) in [6.45, 7) is 6.73. The number of anilines is 1. The molecule has 1 aromatic rings. The molecule has 0 amide bonds. The SMILES string of the molecule is [C-]#[N+]c1ccc(NS(=O)(=O)[O-])c(OC)c1.[Na+]. The van der Waals surface area contributed by atoms with Gasteiger partial charge >= 0.3 is 29.6 Å². The first kappa shape index (κ1) is 15.2. The molecule has 0 aromatic heterocycles. The number of methoxy groups -OCH3 is 1. The molecule has 0 saturated carbocycles. The van der Waals surface area contributed by atoms with Crippen molar-refractivity contribution in [2.45, 2.75) is 0 Å². The standard InChI is InChI=1S/C8H8N2O4S.Na/c1-9-6-3-4-7(8(5-6)14-2)10-15(11,12)13;/h3-5,10H,2H3,(H,11,12,13);/q;+1/p-1. The minimum Gasteiger partial charge on any atom is -0.731 e. The number of ether oxygens (including phenoxy) is 1. The van der Waals surface area contributed by atoms with E-state index in [2.05, 4.69) is 4.85 Å². The molecule has 0 unspecified atom stereocenters. The summed E-state index contributed by atoms with van der Waals surface area (Å²) < 4.78 is 37.9. The van der Waals surface area contributed by atoms with Gasteiger partial charge in [0.25, 0.3) is 0 Å². The third kappa shape index (κ3) is 4.38. The number of hydrogen-bond donors (Lipinski definition) is 1. The number of benzene rings is 1. The first-order valence-electron chi connectivity index (χ1n) is 3.75. The van der Waals surface area contributed by atoms with Gasteiger partial charge in [0.1, 0.15) is 5.75 Å². The second-order valence-corrected chi connectivity index (χ2v) is 3.66. The normalized spacial score (nSPS) is 9.81. The van der Waals surface area contributed by atoms with Crippen molar-refractivity contribution < 1.29 is 47.3 Å². The van der Waals surface area contributed by atoms with Crippen molar-refractivity contribution in [3.8, 4) is 5.75 Å². The summed E-state index contributed by atoms with van der Waals surface area (Å²) in [6.07, 6.45) is 0. The molecule has 16 heavy (non-hydrogen) atoms. The van der Waals surface area contributed by atoms with Gasteiger partial charge in [0.05, 0.1) is 19.4 Å². The number of rotatable bonds is 3. The molecule has 6 nitrogen and oxygen atoms in total. The van der Waals surface area contributed by atoms with Gasteiger partial charge in [-0.3, -0.25) is 4.72 Å². The van der Waals surface area contributed by atoms with E-state index in [9.17, 15) is 13.0 Å². The van der Waals surface area contributed by atoms with E-state index < -0.39 is 10.3 Å². The molecule has 0 spiro atoms. The Morgan fingerprint density at radius 1 is 1.50 bits per heavy atom. The van der Waals surface area contributed by atoms with Crippen molar-refractivity contribution in [2.75, 3.05) is 11.8 Å². The first-order chi connectivity index (χ1) is 6.96. The summed E-state index contributed by atoms with van der Waals surface area (Å²) in [5, 5.41) is 0. The summed E-state index contributed by atoms with van der Waals surface area (Å²) >= 11 is 0. The van der Waals surface area contributed by atoms with E-state index in [1.54, 1.807) is 4.72 Å². The Morgan fingerprint density at radius 3 is 2.56 bits per heavy atom. The van der Waals surface area contributed by atoms with Crippen LogP contribution in [0.25, 0.3) is 4.85 Å². The van der Waals surface area contributed by atoms with Crippen LogP contribution in [0.15, 0.2) is 18.2 Å². The van der Waals surface area contributed by atoms with Gasteiger partial charge in [-0.05, 0) is 12.1 Å². The maximum atomic E-state index is 10.4. The largest absolute Gasteiger partial charge is 1.00 e. The first-order valence-corrected chi connectivity index (χ1v) is 5.16. The molecule has 0 aliphatic carbocycles. The molecule has 80 valence electrons. The summed E-state index contributed by atoms with van der Waals surface area (Å²) in [7, 11) is -3.28. The van der Waals surface area contributed by atoms with Crippen molar-refractivity contribution in [3.05, 3.63) is 29.6 Å². The van der Waals surface area contributed by atoms with Crippen LogP contribution < -0.4 is 39.0 Å². The van der Waals surface area contributed by atoms with Gasteiger partial charge in [-0.15, -0.1) is 0 Å². The van der Waals surface area contributed by atoms with Crippen LogP contribution >= 0.6 is 0 Å². The predicted octanol–water partition coefficient (Wildman–Crippen LogP) is -1.88. The predicted molar refractivity (Wildman–Crippen MR) is 52.6 cm³/mol.